The molecule has 0 saturated heterocycles. The molecule has 0 spiro atoms. The smallest absolute Gasteiger partial charge is 0.337 e. The van der Waals surface area contributed by atoms with E-state index in [2.05, 4.69) is 4.74 Å². The second-order valence-electron chi connectivity index (χ2n) is 6.40. The summed E-state index contributed by atoms with van der Waals surface area (Å²) in [6, 6.07) is 0. The lowest BCUT2D eigenvalue weighted by Gasteiger charge is -2.28. The van der Waals surface area contributed by atoms with Crippen molar-refractivity contribution in [1.29, 1.82) is 0 Å². The Morgan fingerprint density at radius 3 is 1.84 bits per heavy atom. The first-order valence-corrected chi connectivity index (χ1v) is 8.18. The Kier molecular flexibility index (Phi) is 9.77. The number of carbonyl (C=O) groups excluding carboxylic acids is 3. The number of Topliss-reactive ketones (excluding diaryl/α,β-unsaturated/α-hetero) is 2. The highest BCUT2D eigenvalue weighted by Crippen LogP contribution is 2.23. The monoisotopic (exact) mass is 358 g/mol. The average Bonchev–Trinajstić information content (AvgIpc) is 2.58. The summed E-state index contributed by atoms with van der Waals surface area (Å²) in [4.78, 5) is 35.4. The third kappa shape index (κ3) is 6.34. The summed E-state index contributed by atoms with van der Waals surface area (Å²) in [6.45, 7) is 7.88. The van der Waals surface area contributed by atoms with Gasteiger partial charge in [-0.3, -0.25) is 9.59 Å². The van der Waals surface area contributed by atoms with Crippen molar-refractivity contribution in [2.45, 2.75) is 52.9 Å². The quantitative estimate of drug-likeness (QED) is 0.441. The first kappa shape index (κ1) is 23.4. The Bertz CT molecular complexity index is 512. The Balaban J connectivity index is 5.23. The van der Waals surface area contributed by atoms with Gasteiger partial charge in [0.2, 0.25) is 0 Å². The predicted octanol–water partition coefficient (Wildman–Crippen LogP) is 0.909. The molecule has 0 heterocycles. The number of ether oxygens (including phenoxy) is 2. The van der Waals surface area contributed by atoms with Gasteiger partial charge in [-0.2, -0.15) is 0 Å². The highest BCUT2D eigenvalue weighted by molar-refractivity contribution is 5.86. The van der Waals surface area contributed by atoms with Crippen LogP contribution in [0.5, 0.6) is 0 Å². The maximum absolute atomic E-state index is 12.6. The van der Waals surface area contributed by atoms with Crippen LogP contribution in [0.25, 0.3) is 0 Å². The number of rotatable bonds is 10. The number of esters is 1. The van der Waals surface area contributed by atoms with E-state index in [0.717, 1.165) is 7.11 Å². The van der Waals surface area contributed by atoms with Gasteiger partial charge in [0.25, 0.3) is 0 Å². The molecule has 0 rings (SSSR count). The van der Waals surface area contributed by atoms with Gasteiger partial charge in [0.1, 0.15) is 17.7 Å². The first-order valence-electron chi connectivity index (χ1n) is 8.18. The van der Waals surface area contributed by atoms with Crippen molar-refractivity contribution in [3.05, 3.63) is 11.6 Å². The maximum Gasteiger partial charge on any atom is 0.337 e. The lowest BCUT2D eigenvalue weighted by atomic mass is 9.83. The molecule has 7 nitrogen and oxygen atoms in total. The van der Waals surface area contributed by atoms with Crippen LogP contribution in [-0.2, 0) is 23.9 Å². The van der Waals surface area contributed by atoms with Crippen molar-refractivity contribution in [3.63, 3.8) is 0 Å². The van der Waals surface area contributed by atoms with Crippen LogP contribution in [0.1, 0.15) is 34.6 Å². The molecular formula is C18H30O7. The van der Waals surface area contributed by atoms with Crippen LogP contribution in [-0.4, -0.2) is 60.3 Å². The second-order valence-corrected chi connectivity index (χ2v) is 6.40. The molecule has 0 amide bonds. The molecule has 2 N–H and O–H groups in total. The zero-order chi connectivity index (χ0) is 19.9. The summed E-state index contributed by atoms with van der Waals surface area (Å²) in [6.07, 6.45) is -2.15. The molecule has 0 aliphatic heterocycles. The van der Waals surface area contributed by atoms with E-state index < -0.39 is 36.1 Å². The van der Waals surface area contributed by atoms with Crippen molar-refractivity contribution in [1.82, 2.24) is 0 Å². The summed E-state index contributed by atoms with van der Waals surface area (Å²) in [5, 5.41) is 20.3. The van der Waals surface area contributed by atoms with E-state index in [1.807, 2.05) is 0 Å². The van der Waals surface area contributed by atoms with E-state index in [0.29, 0.717) is 5.57 Å². The molecule has 6 atom stereocenters. The van der Waals surface area contributed by atoms with Crippen LogP contribution in [0.3, 0.4) is 0 Å². The highest BCUT2D eigenvalue weighted by atomic mass is 16.5. The standard InChI is InChI=1S/C18H30O7/c1-9(13(5)19)8-10(2)14(20)11(3)15(21)12(4)17(24-6)16(22)18(23)25-7/h8-9,11-12,14,16-17,20,22H,1-7H3/b10-8+/t9-,11+,12+,14-,16+,17-/m0/s1. The second kappa shape index (κ2) is 10.4. The Morgan fingerprint density at radius 1 is 0.920 bits per heavy atom. The first-order chi connectivity index (χ1) is 11.5. The molecular weight excluding hydrogens is 328 g/mol. The van der Waals surface area contributed by atoms with Gasteiger partial charge in [-0.15, -0.1) is 0 Å². The van der Waals surface area contributed by atoms with Crippen molar-refractivity contribution in [3.8, 4) is 0 Å². The minimum atomic E-state index is -1.60. The van der Waals surface area contributed by atoms with E-state index in [1.165, 1.54) is 21.0 Å². The van der Waals surface area contributed by atoms with Gasteiger partial charge in [-0.05, 0) is 19.4 Å². The lowest BCUT2D eigenvalue weighted by molar-refractivity contribution is -0.162. The van der Waals surface area contributed by atoms with Crippen LogP contribution in [0, 0.1) is 17.8 Å². The molecule has 0 aromatic heterocycles. The van der Waals surface area contributed by atoms with Crippen molar-refractivity contribution in [2.75, 3.05) is 14.2 Å². The number of methoxy groups -OCH3 is 2. The molecule has 0 aromatic rings. The third-order valence-corrected chi connectivity index (χ3v) is 4.51. The minimum Gasteiger partial charge on any atom is -0.467 e. The molecule has 0 aliphatic carbocycles. The molecule has 0 radical (unpaired) electrons. The van der Waals surface area contributed by atoms with Gasteiger partial charge >= 0.3 is 5.97 Å². The normalized spacial score (nSPS) is 19.3. The number of hydrogen-bond donors (Lipinski definition) is 2. The minimum absolute atomic E-state index is 0.0421. The van der Waals surface area contributed by atoms with E-state index in [4.69, 9.17) is 4.74 Å². The summed E-state index contributed by atoms with van der Waals surface area (Å²) in [7, 11) is 2.41. The molecule has 0 unspecified atom stereocenters. The van der Waals surface area contributed by atoms with E-state index in [9.17, 15) is 24.6 Å². The third-order valence-electron chi connectivity index (χ3n) is 4.51. The Hall–Kier alpha value is -1.57. The number of carbonyl (C=O) groups is 3. The van der Waals surface area contributed by atoms with Gasteiger partial charge in [-0.25, -0.2) is 4.79 Å². The molecule has 144 valence electrons. The van der Waals surface area contributed by atoms with Gasteiger partial charge in [0.15, 0.2) is 6.10 Å². The summed E-state index contributed by atoms with van der Waals surface area (Å²) >= 11 is 0. The molecule has 0 fully saturated rings. The molecule has 25 heavy (non-hydrogen) atoms. The maximum atomic E-state index is 12.6. The number of allylic oxidation sites excluding steroid dienone is 1. The van der Waals surface area contributed by atoms with Gasteiger partial charge in [-0.1, -0.05) is 26.8 Å². The number of ketones is 2. The zero-order valence-electron chi connectivity index (χ0n) is 16.0. The molecule has 0 saturated carbocycles. The zero-order valence-corrected chi connectivity index (χ0v) is 16.0. The van der Waals surface area contributed by atoms with E-state index in [-0.39, 0.29) is 17.5 Å². The molecule has 0 aromatic carbocycles. The largest absolute Gasteiger partial charge is 0.467 e. The van der Waals surface area contributed by atoms with Gasteiger partial charge in [0, 0.05) is 24.9 Å². The highest BCUT2D eigenvalue weighted by Gasteiger charge is 2.38. The van der Waals surface area contributed by atoms with Crippen molar-refractivity contribution >= 4 is 17.5 Å². The van der Waals surface area contributed by atoms with Crippen molar-refractivity contribution in [2.24, 2.45) is 17.8 Å². The van der Waals surface area contributed by atoms with Gasteiger partial charge in [0.05, 0.1) is 13.2 Å². The topological polar surface area (TPSA) is 110 Å². The average molecular weight is 358 g/mol. The molecule has 0 bridgehead atoms. The summed E-state index contributed by atoms with van der Waals surface area (Å²) < 4.78 is 9.56. The van der Waals surface area contributed by atoms with E-state index >= 15 is 0 Å². The Morgan fingerprint density at radius 2 is 1.44 bits per heavy atom. The van der Waals surface area contributed by atoms with Crippen LogP contribution in [0.4, 0.5) is 0 Å². The lowest BCUT2D eigenvalue weighted by Crippen LogP contribution is -2.45. The van der Waals surface area contributed by atoms with Crippen LogP contribution < -0.4 is 0 Å². The van der Waals surface area contributed by atoms with Crippen LogP contribution in [0.2, 0.25) is 0 Å². The number of aliphatic hydroxyl groups excluding tert-OH is 2. The number of aliphatic hydroxyl groups is 2. The van der Waals surface area contributed by atoms with Crippen molar-refractivity contribution < 1.29 is 34.1 Å². The fourth-order valence-corrected chi connectivity index (χ4v) is 2.60. The fourth-order valence-electron chi connectivity index (χ4n) is 2.60. The van der Waals surface area contributed by atoms with Gasteiger partial charge < -0.3 is 19.7 Å². The summed E-state index contributed by atoms with van der Waals surface area (Å²) in [5.41, 5.74) is 0.512. The molecule has 0 aliphatic rings. The SMILES string of the molecule is COC(=O)[C@H](O)[C@@H](OC)[C@H](C)C(=O)[C@H](C)[C@@H](O)/C(C)=C/[C@H](C)C(C)=O. The number of hydrogen-bond acceptors (Lipinski definition) is 7. The fraction of sp³-hybridized carbons (Fsp3) is 0.722. The van der Waals surface area contributed by atoms with Crippen LogP contribution >= 0.6 is 0 Å². The van der Waals surface area contributed by atoms with E-state index in [1.54, 1.807) is 26.8 Å². The predicted molar refractivity (Wildman–Crippen MR) is 91.8 cm³/mol. The summed E-state index contributed by atoms with van der Waals surface area (Å²) in [5.74, 6) is -3.31. The Labute approximate surface area is 149 Å². The van der Waals surface area contributed by atoms with Crippen LogP contribution in [0.15, 0.2) is 11.6 Å². The molecule has 7 heteroatoms.